The molecule has 0 heterocycles. The van der Waals surface area contributed by atoms with Gasteiger partial charge in [-0.2, -0.15) is 21.3 Å². The zero-order chi connectivity index (χ0) is 6.00. The summed E-state index contributed by atoms with van der Waals surface area (Å²) in [5.41, 5.74) is 0. The van der Waals surface area contributed by atoms with Crippen molar-refractivity contribution < 1.29 is 41.5 Å². The zero-order valence-electron chi connectivity index (χ0n) is 4.72. The van der Waals surface area contributed by atoms with E-state index in [1.54, 1.807) is 0 Å². The molecule has 0 amide bonds. The molecule has 0 aromatic carbocycles. The maximum Gasteiger partial charge on any atom is 3.00 e. The van der Waals surface area contributed by atoms with Gasteiger partial charge in [-0.05, 0) is 0 Å². The van der Waals surface area contributed by atoms with Crippen molar-refractivity contribution in [1.29, 1.82) is 0 Å². The van der Waals surface area contributed by atoms with Crippen molar-refractivity contribution in [2.24, 2.45) is 0 Å². The zero-order valence-corrected chi connectivity index (χ0v) is 7.18. The van der Waals surface area contributed by atoms with Gasteiger partial charge >= 0.3 is 26.2 Å². The summed E-state index contributed by atoms with van der Waals surface area (Å²) in [6, 6.07) is 0. The Balaban J connectivity index is -0.00000000900. The second-order valence-electron chi connectivity index (χ2n) is 0. The fraction of sp³-hybridized carbons (Fsp3) is 1.00. The molecule has 0 bridgehead atoms. The van der Waals surface area contributed by atoms with Crippen molar-refractivity contribution in [3.8, 4) is 0 Å². The molecule has 0 atom stereocenters. The Bertz CT molecular complexity index is 10.1. The fourth-order valence-electron chi connectivity index (χ4n) is 0. The molecule has 4 heteroatoms. The molecule has 1 radical (unpaired) electrons. The second kappa shape index (κ2) is 386. The van der Waals surface area contributed by atoms with Crippen LogP contribution in [0.15, 0.2) is 0 Å². The Morgan fingerprint density at radius 1 is 0.571 bits per heavy atom. The number of hydrogen-bond donors (Lipinski definition) is 0. The molecular weight excluding hydrogens is 175 g/mol. The van der Waals surface area contributed by atoms with Gasteiger partial charge in [-0.25, -0.2) is 0 Å². The van der Waals surface area contributed by atoms with Crippen LogP contribution in [-0.2, 0) is 26.2 Å². The van der Waals surface area contributed by atoms with Crippen LogP contribution < -0.4 is 15.3 Å². The van der Waals surface area contributed by atoms with Crippen LogP contribution in [0.2, 0.25) is 0 Å². The first kappa shape index (κ1) is 25.1. The quantitative estimate of drug-likeness (QED) is 0.401. The van der Waals surface area contributed by atoms with E-state index >= 15 is 0 Å². The van der Waals surface area contributed by atoms with Gasteiger partial charge in [0.1, 0.15) is 0 Å². The molecular formula is C3H9O3Zr. The van der Waals surface area contributed by atoms with E-state index in [9.17, 15) is 0 Å². The van der Waals surface area contributed by atoms with Crippen LogP contribution in [0.4, 0.5) is 0 Å². The summed E-state index contributed by atoms with van der Waals surface area (Å²) >= 11 is 0. The molecule has 0 N–H and O–H groups in total. The van der Waals surface area contributed by atoms with E-state index in [1.807, 2.05) is 0 Å². The van der Waals surface area contributed by atoms with Gasteiger partial charge in [0, 0.05) is 0 Å². The van der Waals surface area contributed by atoms with Crippen LogP contribution in [0.25, 0.3) is 0 Å². The Kier molecular flexibility index (Phi) is 1380. The summed E-state index contributed by atoms with van der Waals surface area (Å²) in [5.74, 6) is 0. The maximum atomic E-state index is 8.25. The van der Waals surface area contributed by atoms with Gasteiger partial charge in [-0.1, -0.05) is 0 Å². The number of rotatable bonds is 0. The molecule has 3 nitrogen and oxygen atoms in total. The Hall–Kier alpha value is 0.763. The summed E-state index contributed by atoms with van der Waals surface area (Å²) < 4.78 is 0. The third-order valence-electron chi connectivity index (χ3n) is 0. The summed E-state index contributed by atoms with van der Waals surface area (Å²) in [6.45, 7) is 0. The Labute approximate surface area is 63.1 Å². The summed E-state index contributed by atoms with van der Waals surface area (Å²) in [4.78, 5) is 0. The van der Waals surface area contributed by atoms with E-state index < -0.39 is 0 Å². The van der Waals surface area contributed by atoms with Gasteiger partial charge < -0.3 is 15.3 Å². The van der Waals surface area contributed by atoms with Gasteiger partial charge in [0.2, 0.25) is 0 Å². The van der Waals surface area contributed by atoms with Crippen molar-refractivity contribution in [1.82, 2.24) is 0 Å². The molecule has 0 aliphatic carbocycles. The molecule has 0 fully saturated rings. The van der Waals surface area contributed by atoms with Crippen molar-refractivity contribution in [3.05, 3.63) is 0 Å². The summed E-state index contributed by atoms with van der Waals surface area (Å²) in [5, 5.41) is 24.8. The van der Waals surface area contributed by atoms with E-state index in [4.69, 9.17) is 15.3 Å². The molecule has 0 aliphatic heterocycles. The minimum atomic E-state index is 0. The van der Waals surface area contributed by atoms with Crippen molar-refractivity contribution in [2.45, 2.75) is 0 Å². The topological polar surface area (TPSA) is 69.2 Å². The second-order valence-corrected chi connectivity index (χ2v) is 0. The van der Waals surface area contributed by atoms with E-state index in [1.165, 1.54) is 0 Å². The van der Waals surface area contributed by atoms with E-state index in [2.05, 4.69) is 0 Å². The average Bonchev–Trinajstić information content (AvgIpc) is 1.81. The van der Waals surface area contributed by atoms with Gasteiger partial charge in [-0.3, -0.25) is 0 Å². The van der Waals surface area contributed by atoms with E-state index in [0.29, 0.717) is 0 Å². The van der Waals surface area contributed by atoms with E-state index in [-0.39, 0.29) is 26.2 Å². The molecule has 0 aromatic rings. The normalized spacial score (nSPS) is 2.57. The third-order valence-corrected chi connectivity index (χ3v) is 0. The predicted octanol–water partition coefficient (Wildman–Crippen LogP) is -3.07. The summed E-state index contributed by atoms with van der Waals surface area (Å²) in [7, 11) is 2.25. The van der Waals surface area contributed by atoms with Crippen LogP contribution in [0, 0.1) is 0 Å². The maximum absolute atomic E-state index is 8.25. The molecule has 0 unspecified atom stereocenters. The molecule has 0 aliphatic rings. The van der Waals surface area contributed by atoms with Crippen molar-refractivity contribution >= 4 is 0 Å². The largest absolute Gasteiger partial charge is 3.00 e. The molecule has 0 aromatic heterocycles. The minimum Gasteiger partial charge on any atom is -0.857 e. The first-order valence-electron chi connectivity index (χ1n) is 1.22. The molecule has 0 rings (SSSR count). The van der Waals surface area contributed by atoms with Crippen LogP contribution >= 0.6 is 0 Å². The smallest absolute Gasteiger partial charge is 0.857 e. The molecule has 0 spiro atoms. The molecule has 0 saturated heterocycles. The van der Waals surface area contributed by atoms with Gasteiger partial charge in [0.15, 0.2) is 0 Å². The van der Waals surface area contributed by atoms with Crippen molar-refractivity contribution in [3.63, 3.8) is 0 Å². The predicted molar refractivity (Wildman–Crippen MR) is 17.8 cm³/mol. The van der Waals surface area contributed by atoms with Gasteiger partial charge in [-0.15, -0.1) is 0 Å². The summed E-state index contributed by atoms with van der Waals surface area (Å²) in [6.07, 6.45) is 0. The van der Waals surface area contributed by atoms with E-state index in [0.717, 1.165) is 21.3 Å². The van der Waals surface area contributed by atoms with Crippen LogP contribution in [0.3, 0.4) is 0 Å². The molecule has 43 valence electrons. The van der Waals surface area contributed by atoms with Crippen LogP contribution in [-0.4, -0.2) is 21.3 Å². The Morgan fingerprint density at radius 2 is 0.571 bits per heavy atom. The SMILES string of the molecule is C[O-].C[O-].C[O-].[Zr+3]. The standard InChI is InChI=1S/3CH3O.Zr/c3*1-2;/h3*1H3;/q3*-1;+3. The molecule has 0 saturated carbocycles. The number of hydrogen-bond acceptors (Lipinski definition) is 3. The Morgan fingerprint density at radius 3 is 0.571 bits per heavy atom. The van der Waals surface area contributed by atoms with Gasteiger partial charge in [0.05, 0.1) is 0 Å². The molecule has 7 heavy (non-hydrogen) atoms. The van der Waals surface area contributed by atoms with Crippen LogP contribution in [0.1, 0.15) is 0 Å². The van der Waals surface area contributed by atoms with Crippen molar-refractivity contribution in [2.75, 3.05) is 21.3 Å². The third kappa shape index (κ3) is 263. The van der Waals surface area contributed by atoms with Gasteiger partial charge in [0.25, 0.3) is 0 Å². The van der Waals surface area contributed by atoms with Crippen LogP contribution in [0.5, 0.6) is 0 Å². The fourth-order valence-corrected chi connectivity index (χ4v) is 0. The first-order chi connectivity index (χ1) is 3.00. The minimum absolute atomic E-state index is 0. The average molecular weight is 184 g/mol. The monoisotopic (exact) mass is 183 g/mol. The first-order valence-corrected chi connectivity index (χ1v) is 1.22.